The molecule has 0 N–H and O–H groups in total. The van der Waals surface area contributed by atoms with E-state index in [0.29, 0.717) is 0 Å². The molecule has 1 aromatic heterocycles. The fraction of sp³-hybridized carbons (Fsp3) is 0.143. The Labute approximate surface area is 126 Å². The van der Waals surface area contributed by atoms with Gasteiger partial charge in [0.05, 0.1) is 15.9 Å². The van der Waals surface area contributed by atoms with Crippen LogP contribution in [0.15, 0.2) is 47.5 Å². The minimum atomic E-state index is -4.11. The molecule has 0 bridgehead atoms. The van der Waals surface area contributed by atoms with E-state index >= 15 is 0 Å². The predicted octanol–water partition coefficient (Wildman–Crippen LogP) is 2.34. The first kappa shape index (κ1) is 15.6. The number of rotatable bonds is 4. The summed E-state index contributed by atoms with van der Waals surface area (Å²) in [7, 11) is -4.11. The Morgan fingerprint density at radius 2 is 1.91 bits per heavy atom. The van der Waals surface area contributed by atoms with Gasteiger partial charge in [0.2, 0.25) is 15.1 Å². The third-order valence-electron chi connectivity index (χ3n) is 3.04. The lowest BCUT2D eigenvalue weighted by molar-refractivity contribution is -0.385. The summed E-state index contributed by atoms with van der Waals surface area (Å²) in [6, 6.07) is 9.96. The molecule has 0 aliphatic rings. The maximum atomic E-state index is 12.6. The van der Waals surface area contributed by atoms with Crippen molar-refractivity contribution in [3.8, 4) is 6.07 Å². The molecule has 2 rings (SSSR count). The molecule has 0 amide bonds. The number of aryl methyl sites for hydroxylation is 1. The Morgan fingerprint density at radius 3 is 2.45 bits per heavy atom. The summed E-state index contributed by atoms with van der Waals surface area (Å²) in [5.74, 6) is 0. The van der Waals surface area contributed by atoms with Crippen LogP contribution in [0.2, 0.25) is 0 Å². The van der Waals surface area contributed by atoms with Gasteiger partial charge in [-0.15, -0.1) is 0 Å². The van der Waals surface area contributed by atoms with Gasteiger partial charge in [0.25, 0.3) is 5.69 Å². The first-order valence-electron chi connectivity index (χ1n) is 6.17. The van der Waals surface area contributed by atoms with Gasteiger partial charge >= 0.3 is 0 Å². The molecular formula is C14H11N3O4S. The van der Waals surface area contributed by atoms with Crippen LogP contribution in [0.3, 0.4) is 0 Å². The largest absolute Gasteiger partial charge is 0.293 e. The predicted molar refractivity (Wildman–Crippen MR) is 77.6 cm³/mol. The monoisotopic (exact) mass is 317 g/mol. The van der Waals surface area contributed by atoms with Gasteiger partial charge in [-0.25, -0.2) is 8.42 Å². The Bertz CT molecular complexity index is 854. The van der Waals surface area contributed by atoms with Gasteiger partial charge in [-0.3, -0.25) is 15.1 Å². The van der Waals surface area contributed by atoms with Crippen molar-refractivity contribution >= 4 is 15.5 Å². The van der Waals surface area contributed by atoms with Crippen LogP contribution in [0.5, 0.6) is 0 Å². The number of hydrogen-bond donors (Lipinski definition) is 0. The Balaban J connectivity index is 2.60. The minimum Gasteiger partial charge on any atom is -0.258 e. The smallest absolute Gasteiger partial charge is 0.258 e. The van der Waals surface area contributed by atoms with Crippen LogP contribution in [0.1, 0.15) is 16.5 Å². The molecule has 2 aromatic rings. The molecule has 8 heteroatoms. The van der Waals surface area contributed by atoms with E-state index in [1.165, 1.54) is 24.4 Å². The third-order valence-corrected chi connectivity index (χ3v) is 4.92. The molecule has 0 fully saturated rings. The number of nitriles is 1. The molecule has 1 aromatic carbocycles. The van der Waals surface area contributed by atoms with Gasteiger partial charge in [-0.05, 0) is 25.1 Å². The van der Waals surface area contributed by atoms with Gasteiger partial charge in [0.15, 0.2) is 5.69 Å². The summed E-state index contributed by atoms with van der Waals surface area (Å²) in [6.45, 7) is 1.79. The Hall–Kier alpha value is -2.79. The number of benzene rings is 1. The van der Waals surface area contributed by atoms with E-state index in [0.717, 1.165) is 11.6 Å². The summed E-state index contributed by atoms with van der Waals surface area (Å²) in [4.78, 5) is 13.9. The van der Waals surface area contributed by atoms with Crippen LogP contribution < -0.4 is 0 Å². The van der Waals surface area contributed by atoms with Crippen LogP contribution in [0.4, 0.5) is 5.69 Å². The zero-order valence-corrected chi connectivity index (χ0v) is 12.3. The Morgan fingerprint density at radius 1 is 1.27 bits per heavy atom. The number of aromatic nitrogens is 1. The van der Waals surface area contributed by atoms with Crippen molar-refractivity contribution in [2.75, 3.05) is 0 Å². The van der Waals surface area contributed by atoms with E-state index in [-0.39, 0.29) is 10.6 Å². The van der Waals surface area contributed by atoms with E-state index < -0.39 is 25.7 Å². The number of nitrogens with zero attached hydrogens (tertiary/aromatic N) is 3. The van der Waals surface area contributed by atoms with Gasteiger partial charge in [-0.1, -0.05) is 17.7 Å². The van der Waals surface area contributed by atoms with Crippen LogP contribution in [-0.2, 0) is 9.84 Å². The van der Waals surface area contributed by atoms with Gasteiger partial charge in [-0.2, -0.15) is 5.26 Å². The molecule has 0 unspecified atom stereocenters. The van der Waals surface area contributed by atoms with E-state index in [4.69, 9.17) is 0 Å². The highest BCUT2D eigenvalue weighted by Crippen LogP contribution is 2.32. The van der Waals surface area contributed by atoms with Crippen molar-refractivity contribution in [2.45, 2.75) is 17.1 Å². The summed E-state index contributed by atoms with van der Waals surface area (Å²) in [5.41, 5.74) is -0.0171. The maximum Gasteiger partial charge on any atom is 0.293 e. The van der Waals surface area contributed by atoms with E-state index in [1.807, 2.05) is 0 Å². The van der Waals surface area contributed by atoms with Crippen LogP contribution in [0, 0.1) is 28.4 Å². The molecule has 0 aliphatic carbocycles. The standard InChI is InChI=1S/C14H11N3O4S/c1-10-4-6-11(7-5-10)22(20,21)13(9-15)14-12(17(18)19)3-2-8-16-14/h2-8,13H,1H3/t13-/m1/s1. The quantitative estimate of drug-likeness (QED) is 0.631. The number of sulfone groups is 1. The molecule has 0 aliphatic heterocycles. The van der Waals surface area contributed by atoms with Crippen molar-refractivity contribution in [2.24, 2.45) is 0 Å². The summed E-state index contributed by atoms with van der Waals surface area (Å²) in [6.07, 6.45) is 1.22. The maximum absolute atomic E-state index is 12.6. The summed E-state index contributed by atoms with van der Waals surface area (Å²) in [5, 5.41) is 18.5. The zero-order chi connectivity index (χ0) is 16.3. The summed E-state index contributed by atoms with van der Waals surface area (Å²) >= 11 is 0. The molecule has 7 nitrogen and oxygen atoms in total. The lowest BCUT2D eigenvalue weighted by Gasteiger charge is -2.10. The molecule has 1 atom stereocenters. The highest BCUT2D eigenvalue weighted by molar-refractivity contribution is 7.92. The van der Waals surface area contributed by atoms with E-state index in [9.17, 15) is 23.8 Å². The highest BCUT2D eigenvalue weighted by Gasteiger charge is 2.35. The topological polar surface area (TPSA) is 114 Å². The van der Waals surface area contributed by atoms with Crippen molar-refractivity contribution in [3.63, 3.8) is 0 Å². The fourth-order valence-corrected chi connectivity index (χ4v) is 3.31. The first-order chi connectivity index (χ1) is 10.4. The Kier molecular flexibility index (Phi) is 4.19. The van der Waals surface area contributed by atoms with Crippen LogP contribution in [0.25, 0.3) is 0 Å². The second-order valence-electron chi connectivity index (χ2n) is 4.53. The molecule has 0 radical (unpaired) electrons. The number of nitro groups is 1. The average Bonchev–Trinajstić information content (AvgIpc) is 2.48. The number of pyridine rings is 1. The van der Waals surface area contributed by atoms with Crippen molar-refractivity contribution in [3.05, 3.63) is 64.0 Å². The molecule has 112 valence electrons. The van der Waals surface area contributed by atoms with Crippen LogP contribution >= 0.6 is 0 Å². The molecule has 1 heterocycles. The normalized spacial score (nSPS) is 12.4. The minimum absolute atomic E-state index is 0.0791. The molecule has 0 saturated heterocycles. The van der Waals surface area contributed by atoms with Gasteiger partial charge in [0, 0.05) is 12.3 Å². The second-order valence-corrected chi connectivity index (χ2v) is 6.56. The summed E-state index contributed by atoms with van der Waals surface area (Å²) < 4.78 is 25.1. The number of hydrogen-bond acceptors (Lipinski definition) is 6. The molecule has 0 spiro atoms. The van der Waals surface area contributed by atoms with Crippen molar-refractivity contribution in [1.29, 1.82) is 5.26 Å². The van der Waals surface area contributed by atoms with E-state index in [1.54, 1.807) is 25.1 Å². The zero-order valence-electron chi connectivity index (χ0n) is 11.5. The molecule has 22 heavy (non-hydrogen) atoms. The van der Waals surface area contributed by atoms with Gasteiger partial charge in [0.1, 0.15) is 0 Å². The fourth-order valence-electron chi connectivity index (χ4n) is 1.91. The first-order valence-corrected chi connectivity index (χ1v) is 7.72. The lowest BCUT2D eigenvalue weighted by atomic mass is 10.2. The highest BCUT2D eigenvalue weighted by atomic mass is 32.2. The molecular weight excluding hydrogens is 306 g/mol. The second kappa shape index (κ2) is 5.91. The van der Waals surface area contributed by atoms with Crippen molar-refractivity contribution in [1.82, 2.24) is 4.98 Å². The van der Waals surface area contributed by atoms with Gasteiger partial charge < -0.3 is 0 Å². The average molecular weight is 317 g/mol. The van der Waals surface area contributed by atoms with Crippen LogP contribution in [-0.4, -0.2) is 18.3 Å². The molecule has 0 saturated carbocycles. The van der Waals surface area contributed by atoms with E-state index in [2.05, 4.69) is 4.98 Å². The van der Waals surface area contributed by atoms with Crippen molar-refractivity contribution < 1.29 is 13.3 Å². The third kappa shape index (κ3) is 2.80. The lowest BCUT2D eigenvalue weighted by Crippen LogP contribution is -2.15. The SMILES string of the molecule is Cc1ccc(S(=O)(=O)[C@H](C#N)c2ncccc2[N+](=O)[O-])cc1.